The van der Waals surface area contributed by atoms with Crippen LogP contribution in [0.2, 0.25) is 0 Å². The first-order valence-electron chi connectivity index (χ1n) is 9.07. The highest BCUT2D eigenvalue weighted by Crippen LogP contribution is 2.25. The quantitative estimate of drug-likeness (QED) is 0.872. The minimum absolute atomic E-state index is 0.0270. The number of aromatic nitrogens is 2. The fourth-order valence-electron chi connectivity index (χ4n) is 3.79. The Balaban J connectivity index is 1.55. The van der Waals surface area contributed by atoms with Crippen LogP contribution in [0.15, 0.2) is 30.3 Å². The third-order valence-corrected chi connectivity index (χ3v) is 5.28. The Morgan fingerprint density at radius 3 is 2.92 bits per heavy atom. The van der Waals surface area contributed by atoms with E-state index in [1.165, 1.54) is 0 Å². The summed E-state index contributed by atoms with van der Waals surface area (Å²) in [7, 11) is 1.71. The molecule has 2 N–H and O–H groups in total. The maximum Gasteiger partial charge on any atom is 0.275 e. The van der Waals surface area contributed by atoms with E-state index in [2.05, 4.69) is 15.5 Å². The van der Waals surface area contributed by atoms with Gasteiger partial charge in [0.15, 0.2) is 5.69 Å². The summed E-state index contributed by atoms with van der Waals surface area (Å²) in [5, 5.41) is 10.5. The van der Waals surface area contributed by atoms with Gasteiger partial charge in [0.1, 0.15) is 6.04 Å². The molecule has 2 aromatic rings. The summed E-state index contributed by atoms with van der Waals surface area (Å²) in [5.41, 5.74) is 3.25. The molecule has 136 valence electrons. The predicted octanol–water partition coefficient (Wildman–Crippen LogP) is 1.32. The van der Waals surface area contributed by atoms with Crippen molar-refractivity contribution in [3.8, 4) is 0 Å². The van der Waals surface area contributed by atoms with Crippen molar-refractivity contribution in [1.82, 2.24) is 20.4 Å². The molecule has 1 aromatic heterocycles. The van der Waals surface area contributed by atoms with Crippen molar-refractivity contribution < 1.29 is 9.59 Å². The lowest BCUT2D eigenvalue weighted by atomic mass is 10.0. The molecule has 0 radical (unpaired) electrons. The molecule has 1 unspecified atom stereocenters. The number of hydrogen-bond acceptors (Lipinski definition) is 4. The SMILES string of the molecule is CN(C(=O)c1n[nH]c2c1CNCC2)C1CCCN(c2ccccc2)C1=O. The van der Waals surface area contributed by atoms with Gasteiger partial charge in [0.25, 0.3) is 5.91 Å². The van der Waals surface area contributed by atoms with Crippen LogP contribution in [-0.4, -0.2) is 53.1 Å². The number of rotatable bonds is 3. The maximum absolute atomic E-state index is 13.0. The molecule has 0 spiro atoms. The van der Waals surface area contributed by atoms with E-state index in [0.717, 1.165) is 36.3 Å². The van der Waals surface area contributed by atoms with Crippen molar-refractivity contribution in [1.29, 1.82) is 0 Å². The Bertz CT molecular complexity index is 817. The van der Waals surface area contributed by atoms with Crippen LogP contribution < -0.4 is 10.2 Å². The molecule has 1 aromatic carbocycles. The lowest BCUT2D eigenvalue weighted by molar-refractivity contribution is -0.124. The Kier molecular flexibility index (Phi) is 4.46. The van der Waals surface area contributed by atoms with Gasteiger partial charge in [0.2, 0.25) is 5.91 Å². The van der Waals surface area contributed by atoms with Gasteiger partial charge in [0.05, 0.1) is 0 Å². The van der Waals surface area contributed by atoms with Crippen molar-refractivity contribution >= 4 is 17.5 Å². The highest BCUT2D eigenvalue weighted by molar-refractivity contribution is 6.02. The number of para-hydroxylation sites is 1. The number of hydrogen-bond donors (Lipinski definition) is 2. The van der Waals surface area contributed by atoms with E-state index < -0.39 is 6.04 Å². The number of carbonyl (C=O) groups excluding carboxylic acids is 2. The number of likely N-dealkylation sites (N-methyl/N-ethyl adjacent to an activating group) is 1. The molecule has 2 aliphatic heterocycles. The van der Waals surface area contributed by atoms with E-state index in [9.17, 15) is 9.59 Å². The predicted molar refractivity (Wildman–Crippen MR) is 97.9 cm³/mol. The third-order valence-electron chi connectivity index (χ3n) is 5.28. The lowest BCUT2D eigenvalue weighted by Crippen LogP contribution is -2.53. The average molecular weight is 353 g/mol. The highest BCUT2D eigenvalue weighted by Gasteiger charge is 2.36. The number of amides is 2. The molecule has 3 heterocycles. The zero-order valence-electron chi connectivity index (χ0n) is 14.9. The fraction of sp³-hybridized carbons (Fsp3) is 0.421. The van der Waals surface area contributed by atoms with E-state index in [0.29, 0.717) is 25.2 Å². The molecule has 0 saturated carbocycles. The van der Waals surface area contributed by atoms with Gasteiger partial charge >= 0.3 is 0 Å². The zero-order chi connectivity index (χ0) is 18.1. The van der Waals surface area contributed by atoms with Gasteiger partial charge in [-0.2, -0.15) is 5.10 Å². The molecular formula is C19H23N5O2. The van der Waals surface area contributed by atoms with Gasteiger partial charge < -0.3 is 15.1 Å². The van der Waals surface area contributed by atoms with Crippen LogP contribution in [0.3, 0.4) is 0 Å². The molecular weight excluding hydrogens is 330 g/mol. The van der Waals surface area contributed by atoms with Crippen molar-refractivity contribution in [3.63, 3.8) is 0 Å². The summed E-state index contributed by atoms with van der Waals surface area (Å²) >= 11 is 0. The Labute approximate surface area is 152 Å². The molecule has 7 heteroatoms. The summed E-state index contributed by atoms with van der Waals surface area (Å²) in [4.78, 5) is 29.4. The number of H-pyrrole nitrogens is 1. The number of nitrogens with one attached hydrogen (secondary N) is 2. The minimum Gasteiger partial charge on any atom is -0.328 e. The molecule has 4 rings (SSSR count). The lowest BCUT2D eigenvalue weighted by Gasteiger charge is -2.36. The van der Waals surface area contributed by atoms with Gasteiger partial charge in [0, 0.05) is 50.0 Å². The molecule has 2 amide bonds. The summed E-state index contributed by atoms with van der Waals surface area (Å²) in [5.74, 6) is -0.222. The maximum atomic E-state index is 13.0. The number of aromatic amines is 1. The van der Waals surface area contributed by atoms with Crippen molar-refractivity contribution in [3.05, 3.63) is 47.3 Å². The molecule has 1 saturated heterocycles. The topological polar surface area (TPSA) is 81.3 Å². The number of piperidine rings is 1. The van der Waals surface area contributed by atoms with Crippen molar-refractivity contribution in [2.45, 2.75) is 31.8 Å². The second-order valence-electron chi connectivity index (χ2n) is 6.86. The summed E-state index contributed by atoms with van der Waals surface area (Å²) in [6.07, 6.45) is 2.38. The summed E-state index contributed by atoms with van der Waals surface area (Å²) < 4.78 is 0. The first-order chi connectivity index (χ1) is 12.7. The van der Waals surface area contributed by atoms with E-state index in [-0.39, 0.29) is 11.8 Å². The van der Waals surface area contributed by atoms with Gasteiger partial charge in [-0.05, 0) is 25.0 Å². The smallest absolute Gasteiger partial charge is 0.275 e. The molecule has 2 aliphatic rings. The normalized spacial score (nSPS) is 20.0. The van der Waals surface area contributed by atoms with E-state index in [1.807, 2.05) is 30.3 Å². The monoisotopic (exact) mass is 353 g/mol. The van der Waals surface area contributed by atoms with E-state index in [4.69, 9.17) is 0 Å². The summed E-state index contributed by atoms with van der Waals surface area (Å²) in [6.45, 7) is 2.20. The second-order valence-corrected chi connectivity index (χ2v) is 6.86. The molecule has 26 heavy (non-hydrogen) atoms. The van der Waals surface area contributed by atoms with Gasteiger partial charge in [-0.1, -0.05) is 18.2 Å². The first kappa shape index (κ1) is 16.8. The minimum atomic E-state index is -0.458. The van der Waals surface area contributed by atoms with Crippen LogP contribution >= 0.6 is 0 Å². The largest absolute Gasteiger partial charge is 0.328 e. The zero-order valence-corrected chi connectivity index (χ0v) is 14.9. The Morgan fingerprint density at radius 2 is 2.12 bits per heavy atom. The number of nitrogens with zero attached hydrogens (tertiary/aromatic N) is 3. The van der Waals surface area contributed by atoms with Gasteiger partial charge in [-0.25, -0.2) is 0 Å². The van der Waals surface area contributed by atoms with Crippen molar-refractivity contribution in [2.24, 2.45) is 0 Å². The number of anilines is 1. The Hall–Kier alpha value is -2.67. The van der Waals surface area contributed by atoms with Crippen LogP contribution in [0.5, 0.6) is 0 Å². The summed E-state index contributed by atoms with van der Waals surface area (Å²) in [6, 6.07) is 9.17. The third kappa shape index (κ3) is 2.88. The number of carbonyl (C=O) groups is 2. The molecule has 7 nitrogen and oxygen atoms in total. The molecule has 0 bridgehead atoms. The van der Waals surface area contributed by atoms with E-state index >= 15 is 0 Å². The first-order valence-corrected chi connectivity index (χ1v) is 9.07. The highest BCUT2D eigenvalue weighted by atomic mass is 16.2. The standard InChI is InChI=1S/C19H23N5O2/c1-23(19(26)17-14-12-20-10-9-15(14)21-22-17)16-8-5-11-24(18(16)25)13-6-3-2-4-7-13/h2-4,6-7,16,20H,5,8-12H2,1H3,(H,21,22). The molecule has 1 atom stereocenters. The van der Waals surface area contributed by atoms with Crippen LogP contribution in [0.25, 0.3) is 0 Å². The Morgan fingerprint density at radius 1 is 1.31 bits per heavy atom. The van der Waals surface area contributed by atoms with Gasteiger partial charge in [-0.3, -0.25) is 14.7 Å². The van der Waals surface area contributed by atoms with Crippen LogP contribution in [0.1, 0.15) is 34.6 Å². The molecule has 1 fully saturated rings. The average Bonchev–Trinajstić information content (AvgIpc) is 3.12. The van der Waals surface area contributed by atoms with Crippen LogP contribution in [0, 0.1) is 0 Å². The second kappa shape index (κ2) is 6.92. The van der Waals surface area contributed by atoms with Crippen molar-refractivity contribution in [2.75, 3.05) is 25.0 Å². The van der Waals surface area contributed by atoms with Crippen LogP contribution in [-0.2, 0) is 17.8 Å². The number of fused-ring (bicyclic) bond motifs is 1. The number of benzene rings is 1. The fourth-order valence-corrected chi connectivity index (χ4v) is 3.79. The molecule has 0 aliphatic carbocycles. The van der Waals surface area contributed by atoms with E-state index in [1.54, 1.807) is 16.8 Å². The van der Waals surface area contributed by atoms with Crippen LogP contribution in [0.4, 0.5) is 5.69 Å². The van der Waals surface area contributed by atoms with Gasteiger partial charge in [-0.15, -0.1) is 0 Å².